The van der Waals surface area contributed by atoms with Gasteiger partial charge in [-0.05, 0) is 68.6 Å². The van der Waals surface area contributed by atoms with Gasteiger partial charge < -0.3 is 30.3 Å². The number of anilines is 2. The number of likely N-dealkylation sites (tertiary alicyclic amines) is 1. The van der Waals surface area contributed by atoms with Gasteiger partial charge in [-0.15, -0.1) is 0 Å². The highest BCUT2D eigenvalue weighted by Crippen LogP contribution is 2.34. The number of sulfonamides is 1. The Labute approximate surface area is 284 Å². The first-order valence-corrected chi connectivity index (χ1v) is 18.7. The third-order valence-electron chi connectivity index (χ3n) is 8.53. The number of hydrogen-bond donors (Lipinski definition) is 6. The Morgan fingerprint density at radius 3 is 2.21 bits per heavy atom. The lowest BCUT2D eigenvalue weighted by Gasteiger charge is -2.31. The van der Waals surface area contributed by atoms with E-state index in [4.69, 9.17) is 4.74 Å². The standard InChI is InChI=1S/C36H50N4O7S/c1-48(45,46)39-32-25-27(17-18-34(32)42)35(43)26-37-21-11-5-3-2-4-6-12-22-40-23-19-28(20-24-40)47-36(44)38-31-15-9-7-13-29(31)30-14-8-10-16-33(30)41/h7-10,13-18,25,28,35,37,39,41-43H,2-6,11-12,19-24,26H2,1H3,(H,38,44)/t35-/m0/s1. The summed E-state index contributed by atoms with van der Waals surface area (Å²) in [5.74, 6) is -0.0343. The zero-order valence-corrected chi connectivity index (χ0v) is 28.6. The highest BCUT2D eigenvalue weighted by Gasteiger charge is 2.23. The largest absolute Gasteiger partial charge is 0.507 e. The number of carbonyl (C=O) groups is 1. The number of piperidine rings is 1. The van der Waals surface area contributed by atoms with Crippen molar-refractivity contribution in [3.8, 4) is 22.6 Å². The van der Waals surface area contributed by atoms with Crippen LogP contribution in [0.3, 0.4) is 0 Å². The smallest absolute Gasteiger partial charge is 0.411 e. The van der Waals surface area contributed by atoms with E-state index < -0.39 is 22.2 Å². The molecule has 1 saturated heterocycles. The molecule has 0 unspecified atom stereocenters. The van der Waals surface area contributed by atoms with Crippen LogP contribution >= 0.6 is 0 Å². The topological polar surface area (TPSA) is 160 Å². The second-order valence-electron chi connectivity index (χ2n) is 12.5. The van der Waals surface area contributed by atoms with Crippen molar-refractivity contribution in [1.82, 2.24) is 10.2 Å². The van der Waals surface area contributed by atoms with Gasteiger partial charge in [0.15, 0.2) is 0 Å². The Morgan fingerprint density at radius 1 is 0.854 bits per heavy atom. The average molecular weight is 683 g/mol. The van der Waals surface area contributed by atoms with Crippen LogP contribution in [-0.4, -0.2) is 79.8 Å². The number of benzene rings is 3. The molecule has 4 rings (SSSR count). The lowest BCUT2D eigenvalue weighted by atomic mass is 10.0. The zero-order chi connectivity index (χ0) is 34.4. The van der Waals surface area contributed by atoms with Crippen molar-refractivity contribution < 1.29 is 33.3 Å². The fourth-order valence-electron chi connectivity index (χ4n) is 5.94. The van der Waals surface area contributed by atoms with Gasteiger partial charge >= 0.3 is 6.09 Å². The molecule has 0 saturated carbocycles. The molecular weight excluding hydrogens is 632 g/mol. The molecular formula is C36H50N4O7S. The summed E-state index contributed by atoms with van der Waals surface area (Å²) in [6.07, 6.45) is 9.31. The molecule has 6 N–H and O–H groups in total. The minimum Gasteiger partial charge on any atom is -0.507 e. The first-order valence-electron chi connectivity index (χ1n) is 16.9. The fraction of sp³-hybridized carbons (Fsp3) is 0.472. The highest BCUT2D eigenvalue weighted by molar-refractivity contribution is 7.92. The normalized spacial score (nSPS) is 14.8. The van der Waals surface area contributed by atoms with Crippen LogP contribution in [0.15, 0.2) is 66.7 Å². The maximum Gasteiger partial charge on any atom is 0.411 e. The number of carbonyl (C=O) groups excluding carboxylic acids is 1. The third-order valence-corrected chi connectivity index (χ3v) is 9.12. The molecule has 1 aliphatic heterocycles. The third kappa shape index (κ3) is 12.3. The summed E-state index contributed by atoms with van der Waals surface area (Å²) < 4.78 is 30.9. The summed E-state index contributed by atoms with van der Waals surface area (Å²) in [5, 5.41) is 36.7. The van der Waals surface area contributed by atoms with E-state index in [9.17, 15) is 28.5 Å². The number of phenols is 2. The van der Waals surface area contributed by atoms with Gasteiger partial charge in [-0.3, -0.25) is 10.0 Å². The first kappa shape index (κ1) is 37.0. The van der Waals surface area contributed by atoms with Crippen molar-refractivity contribution in [2.45, 2.75) is 70.0 Å². The second-order valence-corrected chi connectivity index (χ2v) is 14.2. The fourth-order valence-corrected chi connectivity index (χ4v) is 6.50. The minimum absolute atomic E-state index is 0.0519. The molecule has 12 heteroatoms. The van der Waals surface area contributed by atoms with Crippen LogP contribution in [-0.2, 0) is 14.8 Å². The number of ether oxygens (including phenoxy) is 1. The van der Waals surface area contributed by atoms with E-state index in [1.807, 2.05) is 30.3 Å². The van der Waals surface area contributed by atoms with Crippen LogP contribution < -0.4 is 15.4 Å². The van der Waals surface area contributed by atoms with Crippen LogP contribution in [0.1, 0.15) is 69.5 Å². The quantitative estimate of drug-likeness (QED) is 0.0678. The van der Waals surface area contributed by atoms with Crippen LogP contribution in [0.4, 0.5) is 16.2 Å². The lowest BCUT2D eigenvalue weighted by Crippen LogP contribution is -2.38. The number of nitrogens with one attached hydrogen (secondary N) is 3. The van der Waals surface area contributed by atoms with Crippen molar-refractivity contribution >= 4 is 27.5 Å². The van der Waals surface area contributed by atoms with Gasteiger partial charge in [0.1, 0.15) is 17.6 Å². The Hall–Kier alpha value is -3.84. The Morgan fingerprint density at radius 2 is 1.50 bits per heavy atom. The number of aliphatic hydroxyl groups excluding tert-OH is 1. The van der Waals surface area contributed by atoms with E-state index in [1.54, 1.807) is 24.3 Å². The van der Waals surface area contributed by atoms with Gasteiger partial charge in [0, 0.05) is 30.8 Å². The zero-order valence-electron chi connectivity index (χ0n) is 27.7. The molecule has 0 aliphatic carbocycles. The lowest BCUT2D eigenvalue weighted by molar-refractivity contribution is 0.0584. The summed E-state index contributed by atoms with van der Waals surface area (Å²) in [5.41, 5.74) is 2.57. The molecule has 1 amide bonds. The number of amides is 1. The molecule has 1 fully saturated rings. The van der Waals surface area contributed by atoms with Gasteiger partial charge in [0.25, 0.3) is 0 Å². The van der Waals surface area contributed by atoms with Gasteiger partial charge in [-0.1, -0.05) is 74.6 Å². The van der Waals surface area contributed by atoms with E-state index in [0.29, 0.717) is 23.4 Å². The van der Waals surface area contributed by atoms with Crippen LogP contribution in [0, 0.1) is 0 Å². The molecule has 11 nitrogen and oxygen atoms in total. The van der Waals surface area contributed by atoms with Crippen molar-refractivity contribution in [2.24, 2.45) is 0 Å². The van der Waals surface area contributed by atoms with Crippen molar-refractivity contribution in [3.05, 3.63) is 72.3 Å². The van der Waals surface area contributed by atoms with Gasteiger partial charge in [-0.25, -0.2) is 13.2 Å². The molecule has 262 valence electrons. The predicted octanol–water partition coefficient (Wildman–Crippen LogP) is 6.20. The van der Waals surface area contributed by atoms with Crippen molar-refractivity contribution in [2.75, 3.05) is 49.0 Å². The van der Waals surface area contributed by atoms with E-state index in [2.05, 4.69) is 20.3 Å². The second kappa shape index (κ2) is 18.6. The molecule has 3 aromatic rings. The Balaban J connectivity index is 1.00. The van der Waals surface area contributed by atoms with Crippen molar-refractivity contribution in [1.29, 1.82) is 0 Å². The monoisotopic (exact) mass is 682 g/mol. The molecule has 1 aliphatic rings. The number of nitrogens with zero attached hydrogens (tertiary/aromatic N) is 1. The van der Waals surface area contributed by atoms with E-state index >= 15 is 0 Å². The molecule has 0 radical (unpaired) electrons. The van der Waals surface area contributed by atoms with E-state index in [1.165, 1.54) is 37.8 Å². The molecule has 3 aromatic carbocycles. The van der Waals surface area contributed by atoms with Crippen LogP contribution in [0.5, 0.6) is 11.5 Å². The molecule has 0 bridgehead atoms. The summed E-state index contributed by atoms with van der Waals surface area (Å²) in [4.78, 5) is 15.1. The maximum atomic E-state index is 12.7. The van der Waals surface area contributed by atoms with Crippen LogP contribution in [0.2, 0.25) is 0 Å². The Bertz CT molecular complexity index is 1560. The van der Waals surface area contributed by atoms with Crippen molar-refractivity contribution in [3.63, 3.8) is 0 Å². The number of rotatable bonds is 18. The summed E-state index contributed by atoms with van der Waals surface area (Å²) in [6, 6.07) is 18.8. The van der Waals surface area contributed by atoms with Gasteiger partial charge in [0.2, 0.25) is 10.0 Å². The Kier molecular flexibility index (Phi) is 14.4. The van der Waals surface area contributed by atoms with E-state index in [0.717, 1.165) is 70.1 Å². The van der Waals surface area contributed by atoms with Gasteiger partial charge in [0.05, 0.1) is 23.7 Å². The molecule has 48 heavy (non-hydrogen) atoms. The van der Waals surface area contributed by atoms with E-state index in [-0.39, 0.29) is 23.3 Å². The number of para-hydroxylation sites is 2. The van der Waals surface area contributed by atoms with Crippen LogP contribution in [0.25, 0.3) is 11.1 Å². The summed E-state index contributed by atoms with van der Waals surface area (Å²) in [6.45, 7) is 4.02. The van der Waals surface area contributed by atoms with Gasteiger partial charge in [-0.2, -0.15) is 0 Å². The molecule has 0 aromatic heterocycles. The maximum absolute atomic E-state index is 12.7. The molecule has 1 heterocycles. The number of phenolic OH excluding ortho intramolecular Hbond substituents is 2. The predicted molar refractivity (Wildman–Crippen MR) is 190 cm³/mol. The summed E-state index contributed by atoms with van der Waals surface area (Å²) >= 11 is 0. The molecule has 1 atom stereocenters. The number of aromatic hydroxyl groups is 2. The average Bonchev–Trinajstić information content (AvgIpc) is 3.05. The number of hydrogen-bond acceptors (Lipinski definition) is 9. The minimum atomic E-state index is -3.54. The first-order chi connectivity index (χ1) is 23.1. The molecule has 0 spiro atoms. The highest BCUT2D eigenvalue weighted by atomic mass is 32.2. The number of unbranched alkanes of at least 4 members (excludes halogenated alkanes) is 6. The summed E-state index contributed by atoms with van der Waals surface area (Å²) in [7, 11) is -3.54. The SMILES string of the molecule is CS(=O)(=O)Nc1cc([C@@H](O)CNCCCCCCCCCN2CCC(OC(=O)Nc3ccccc3-c3ccccc3O)CC2)ccc1O. The number of aliphatic hydroxyl groups is 1.